The first-order valence-corrected chi connectivity index (χ1v) is 6.92. The third-order valence-corrected chi connectivity index (χ3v) is 5.10. The molecule has 2 heterocycles. The second-order valence-corrected chi connectivity index (χ2v) is 6.35. The highest BCUT2D eigenvalue weighted by molar-refractivity contribution is 7.91. The van der Waals surface area contributed by atoms with E-state index < -0.39 is 20.6 Å². The summed E-state index contributed by atoms with van der Waals surface area (Å²) in [7, 11) is -3.12. The summed E-state index contributed by atoms with van der Waals surface area (Å²) in [5.74, 6) is 0.198. The maximum Gasteiger partial charge on any atom is 0.271 e. The molecule has 0 saturated carbocycles. The normalized spacial score (nSPS) is 24.1. The summed E-state index contributed by atoms with van der Waals surface area (Å²) in [5.41, 5.74) is 5.54. The number of nitrogens with one attached hydrogen (secondary N) is 1. The van der Waals surface area contributed by atoms with Gasteiger partial charge in [0, 0.05) is 5.69 Å². The van der Waals surface area contributed by atoms with Crippen LogP contribution in [-0.4, -0.2) is 19.2 Å². The van der Waals surface area contributed by atoms with Crippen LogP contribution in [0, 0.1) is 0 Å². The number of sulfone groups is 1. The second kappa shape index (κ2) is 3.93. The van der Waals surface area contributed by atoms with E-state index >= 15 is 0 Å². The lowest BCUT2D eigenvalue weighted by Gasteiger charge is -2.22. The van der Waals surface area contributed by atoms with Gasteiger partial charge in [0.1, 0.15) is 5.25 Å². The summed E-state index contributed by atoms with van der Waals surface area (Å²) in [5, 5.41) is -0.574. The van der Waals surface area contributed by atoms with Crippen molar-refractivity contribution in [2.75, 3.05) is 11.5 Å². The number of nitrogens with two attached hydrogens (primary N) is 1. The van der Waals surface area contributed by atoms with Crippen LogP contribution >= 0.6 is 0 Å². The minimum absolute atomic E-state index is 0.108. The van der Waals surface area contributed by atoms with Crippen LogP contribution in [0.25, 0.3) is 0 Å². The lowest BCUT2D eigenvalue weighted by molar-refractivity contribution is 0.542. The number of aromatic amines is 1. The number of aromatic nitrogens is 1. The molecule has 16 heavy (non-hydrogen) atoms. The summed E-state index contributed by atoms with van der Waals surface area (Å²) < 4.78 is 23.7. The summed E-state index contributed by atoms with van der Waals surface area (Å²) in [6.45, 7) is 0. The molecule has 0 aromatic carbocycles. The van der Waals surface area contributed by atoms with Crippen LogP contribution in [0.2, 0.25) is 0 Å². The summed E-state index contributed by atoms with van der Waals surface area (Å²) in [6, 6.07) is 3.04. The van der Waals surface area contributed by atoms with Crippen molar-refractivity contribution in [3.8, 4) is 0 Å². The molecule has 0 spiro atoms. The molecular weight excluding hydrogens is 228 g/mol. The highest BCUT2D eigenvalue weighted by Gasteiger charge is 2.30. The van der Waals surface area contributed by atoms with Crippen LogP contribution in [0.1, 0.15) is 30.2 Å². The van der Waals surface area contributed by atoms with E-state index in [1.54, 1.807) is 6.07 Å². The monoisotopic (exact) mass is 242 g/mol. The molecule has 0 radical (unpaired) electrons. The van der Waals surface area contributed by atoms with Gasteiger partial charge in [0.05, 0.1) is 11.4 Å². The van der Waals surface area contributed by atoms with E-state index in [-0.39, 0.29) is 11.4 Å². The summed E-state index contributed by atoms with van der Waals surface area (Å²) in [6.07, 6.45) is 2.15. The van der Waals surface area contributed by atoms with Crippen molar-refractivity contribution in [2.24, 2.45) is 0 Å². The fourth-order valence-corrected chi connectivity index (χ4v) is 3.93. The zero-order valence-corrected chi connectivity index (χ0v) is 9.59. The van der Waals surface area contributed by atoms with Gasteiger partial charge in [-0.2, -0.15) is 0 Å². The molecule has 1 unspecified atom stereocenters. The Labute approximate surface area is 93.6 Å². The molecule has 1 aliphatic heterocycles. The number of hydrogen-bond donors (Lipinski definition) is 2. The zero-order valence-electron chi connectivity index (χ0n) is 8.77. The Morgan fingerprint density at radius 3 is 2.69 bits per heavy atom. The van der Waals surface area contributed by atoms with Gasteiger partial charge >= 0.3 is 0 Å². The van der Waals surface area contributed by atoms with Gasteiger partial charge in [-0.1, -0.05) is 6.42 Å². The standard InChI is InChI=1S/C10H14N2O3S/c11-7-4-5-8(12-10(7)13)9-3-1-2-6-16(9,14)15/h4-5,9H,1-3,6,11H2,(H,12,13). The molecule has 1 atom stereocenters. The van der Waals surface area contributed by atoms with Crippen molar-refractivity contribution >= 4 is 15.5 Å². The molecule has 1 saturated heterocycles. The van der Waals surface area contributed by atoms with E-state index in [0.717, 1.165) is 6.42 Å². The van der Waals surface area contributed by atoms with E-state index in [0.29, 0.717) is 18.5 Å². The number of hydrogen-bond acceptors (Lipinski definition) is 4. The molecule has 6 heteroatoms. The quantitative estimate of drug-likeness (QED) is 0.754. The van der Waals surface area contributed by atoms with E-state index in [1.807, 2.05) is 0 Å². The van der Waals surface area contributed by atoms with Crippen molar-refractivity contribution in [1.29, 1.82) is 0 Å². The Bertz CT molecular complexity index is 547. The Balaban J connectivity index is 2.43. The van der Waals surface area contributed by atoms with Crippen LogP contribution in [0.3, 0.4) is 0 Å². The number of rotatable bonds is 1. The van der Waals surface area contributed by atoms with Gasteiger partial charge in [-0.15, -0.1) is 0 Å². The van der Waals surface area contributed by atoms with Gasteiger partial charge in [0.15, 0.2) is 9.84 Å². The van der Waals surface area contributed by atoms with Crippen LogP contribution in [0.4, 0.5) is 5.69 Å². The molecule has 0 aliphatic carbocycles. The predicted octanol–water partition coefficient (Wildman–Crippen LogP) is 0.597. The van der Waals surface area contributed by atoms with E-state index in [4.69, 9.17) is 5.73 Å². The molecule has 1 fully saturated rings. The highest BCUT2D eigenvalue weighted by atomic mass is 32.2. The largest absolute Gasteiger partial charge is 0.394 e. The Hall–Kier alpha value is -1.30. The first-order valence-electron chi connectivity index (χ1n) is 5.21. The van der Waals surface area contributed by atoms with Crippen LogP contribution in [0.5, 0.6) is 0 Å². The SMILES string of the molecule is Nc1ccc(C2CCCCS2(=O)=O)[nH]c1=O. The van der Waals surface area contributed by atoms with Gasteiger partial charge in [-0.25, -0.2) is 8.42 Å². The second-order valence-electron chi connectivity index (χ2n) is 4.05. The summed E-state index contributed by atoms with van der Waals surface area (Å²) >= 11 is 0. The maximum atomic E-state index is 11.8. The Morgan fingerprint density at radius 2 is 2.06 bits per heavy atom. The lowest BCUT2D eigenvalue weighted by Crippen LogP contribution is -2.24. The van der Waals surface area contributed by atoms with Gasteiger partial charge < -0.3 is 10.7 Å². The highest BCUT2D eigenvalue weighted by Crippen LogP contribution is 2.31. The van der Waals surface area contributed by atoms with Crippen molar-refractivity contribution in [3.05, 3.63) is 28.2 Å². The lowest BCUT2D eigenvalue weighted by atomic mass is 10.1. The zero-order chi connectivity index (χ0) is 11.8. The molecule has 0 bridgehead atoms. The van der Waals surface area contributed by atoms with Crippen LogP contribution in [0.15, 0.2) is 16.9 Å². The van der Waals surface area contributed by atoms with Crippen LogP contribution < -0.4 is 11.3 Å². The van der Waals surface area contributed by atoms with E-state index in [9.17, 15) is 13.2 Å². The first kappa shape index (κ1) is 11.2. The van der Waals surface area contributed by atoms with Crippen molar-refractivity contribution in [1.82, 2.24) is 4.98 Å². The van der Waals surface area contributed by atoms with Crippen molar-refractivity contribution in [3.63, 3.8) is 0 Å². The maximum absolute atomic E-state index is 11.8. The van der Waals surface area contributed by atoms with E-state index in [2.05, 4.69) is 4.98 Å². The molecule has 3 N–H and O–H groups in total. The van der Waals surface area contributed by atoms with Crippen molar-refractivity contribution in [2.45, 2.75) is 24.5 Å². The fourth-order valence-electron chi connectivity index (χ4n) is 1.99. The molecule has 1 aliphatic rings. The van der Waals surface area contributed by atoms with Gasteiger partial charge in [0.2, 0.25) is 0 Å². The molecule has 5 nitrogen and oxygen atoms in total. The van der Waals surface area contributed by atoms with Crippen LogP contribution in [-0.2, 0) is 9.84 Å². The van der Waals surface area contributed by atoms with Crippen molar-refractivity contribution < 1.29 is 8.42 Å². The first-order chi connectivity index (χ1) is 7.50. The molecule has 0 amide bonds. The average molecular weight is 242 g/mol. The number of anilines is 1. The third kappa shape index (κ3) is 1.97. The van der Waals surface area contributed by atoms with Gasteiger partial charge in [0.25, 0.3) is 5.56 Å². The topological polar surface area (TPSA) is 93.0 Å². The number of nitrogen functional groups attached to an aromatic ring is 1. The molecule has 88 valence electrons. The summed E-state index contributed by atoms with van der Waals surface area (Å²) in [4.78, 5) is 13.9. The minimum Gasteiger partial charge on any atom is -0.394 e. The molecule has 1 aromatic rings. The average Bonchev–Trinajstić information content (AvgIpc) is 2.22. The smallest absolute Gasteiger partial charge is 0.271 e. The Kier molecular flexibility index (Phi) is 2.75. The molecule has 1 aromatic heterocycles. The predicted molar refractivity (Wildman–Crippen MR) is 61.9 cm³/mol. The number of H-pyrrole nitrogens is 1. The number of pyridine rings is 1. The third-order valence-electron chi connectivity index (χ3n) is 2.89. The fraction of sp³-hybridized carbons (Fsp3) is 0.500. The molecular formula is C10H14N2O3S. The minimum atomic E-state index is -3.12. The van der Waals surface area contributed by atoms with E-state index in [1.165, 1.54) is 6.07 Å². The van der Waals surface area contributed by atoms with Gasteiger partial charge in [-0.3, -0.25) is 4.79 Å². The Morgan fingerprint density at radius 1 is 1.31 bits per heavy atom. The molecule has 2 rings (SSSR count). The van der Waals surface area contributed by atoms with Gasteiger partial charge in [-0.05, 0) is 25.0 Å².